The van der Waals surface area contributed by atoms with E-state index in [1.807, 2.05) is 13.0 Å². The third-order valence-corrected chi connectivity index (χ3v) is 6.39. The van der Waals surface area contributed by atoms with Crippen molar-refractivity contribution < 1.29 is 38.6 Å². The summed E-state index contributed by atoms with van der Waals surface area (Å²) >= 11 is 0. The van der Waals surface area contributed by atoms with Crippen LogP contribution in [0.25, 0.3) is 11.1 Å². The predicted molar refractivity (Wildman–Crippen MR) is 113 cm³/mol. The number of ether oxygens (including phenoxy) is 6. The molecule has 0 spiro atoms. The van der Waals surface area contributed by atoms with Gasteiger partial charge in [0.15, 0.2) is 23.0 Å². The predicted octanol–water partition coefficient (Wildman–Crippen LogP) is 3.09. The lowest BCUT2D eigenvalue weighted by atomic mass is 9.73. The van der Waals surface area contributed by atoms with Gasteiger partial charge in [0.05, 0.1) is 34.0 Å². The number of benzene rings is 2. The molecule has 1 heterocycles. The third-order valence-electron chi connectivity index (χ3n) is 6.39. The zero-order valence-corrected chi connectivity index (χ0v) is 18.6. The van der Waals surface area contributed by atoms with Crippen molar-refractivity contribution in [3.8, 4) is 45.6 Å². The van der Waals surface area contributed by atoms with Gasteiger partial charge in [-0.2, -0.15) is 0 Å². The Kier molecular flexibility index (Phi) is 5.31. The molecule has 2 aliphatic rings. The number of aliphatic hydroxyl groups is 2. The minimum absolute atomic E-state index is 0.0351. The van der Waals surface area contributed by atoms with Crippen LogP contribution in [0.5, 0.6) is 34.5 Å². The summed E-state index contributed by atoms with van der Waals surface area (Å²) in [6.07, 6.45) is -0.764. The van der Waals surface area contributed by atoms with Crippen LogP contribution >= 0.6 is 0 Å². The molecule has 0 unspecified atom stereocenters. The van der Waals surface area contributed by atoms with Crippen LogP contribution in [-0.2, 0) is 6.42 Å². The Morgan fingerprint density at radius 3 is 2.23 bits per heavy atom. The van der Waals surface area contributed by atoms with E-state index in [0.717, 1.165) is 5.56 Å². The van der Waals surface area contributed by atoms with Crippen molar-refractivity contribution in [2.45, 2.75) is 32.0 Å². The highest BCUT2D eigenvalue weighted by Crippen LogP contribution is 2.58. The van der Waals surface area contributed by atoms with Crippen LogP contribution in [0, 0.1) is 5.92 Å². The van der Waals surface area contributed by atoms with Crippen molar-refractivity contribution in [1.29, 1.82) is 0 Å². The first-order chi connectivity index (χ1) is 14.8. The second kappa shape index (κ2) is 7.69. The van der Waals surface area contributed by atoms with E-state index in [1.54, 1.807) is 27.2 Å². The first kappa shape index (κ1) is 21.4. The fourth-order valence-corrected chi connectivity index (χ4v) is 4.46. The van der Waals surface area contributed by atoms with Crippen molar-refractivity contribution in [3.63, 3.8) is 0 Å². The molecule has 1 aliphatic heterocycles. The maximum Gasteiger partial charge on any atom is 0.231 e. The van der Waals surface area contributed by atoms with Gasteiger partial charge in [-0.25, -0.2) is 0 Å². The second-order valence-electron chi connectivity index (χ2n) is 8.02. The SMILES string of the molecule is COc1cc2c(c(OC)c1OC)-c1c(cc3c(c1OC)OCO3)[C@@H](O)[C@](C)(O)[C@@H](C)C2. The number of hydrogen-bond acceptors (Lipinski definition) is 8. The Balaban J connectivity index is 2.18. The summed E-state index contributed by atoms with van der Waals surface area (Å²) < 4.78 is 34.0. The van der Waals surface area contributed by atoms with Gasteiger partial charge < -0.3 is 38.6 Å². The van der Waals surface area contributed by atoms with Gasteiger partial charge >= 0.3 is 0 Å². The smallest absolute Gasteiger partial charge is 0.231 e. The fourth-order valence-electron chi connectivity index (χ4n) is 4.46. The van der Waals surface area contributed by atoms with Crippen LogP contribution in [0.2, 0.25) is 0 Å². The minimum atomic E-state index is -1.43. The second-order valence-corrected chi connectivity index (χ2v) is 8.02. The standard InChI is InChI=1S/C23H28O8/c1-11-7-12-8-14(26-3)18(27-4)20(28-5)16(12)17-13(22(24)23(11,2)25)9-15-19(21(17)29-6)31-10-30-15/h8-9,11,22,24-25H,7,10H2,1-6H3/t11-,22+,23+/m0/s1. The summed E-state index contributed by atoms with van der Waals surface area (Å²) in [6.45, 7) is 3.56. The van der Waals surface area contributed by atoms with Gasteiger partial charge in [-0.05, 0) is 42.5 Å². The van der Waals surface area contributed by atoms with Crippen molar-refractivity contribution in [2.24, 2.45) is 5.92 Å². The molecule has 31 heavy (non-hydrogen) atoms. The van der Waals surface area contributed by atoms with E-state index >= 15 is 0 Å². The molecular formula is C23H28O8. The molecule has 168 valence electrons. The first-order valence-electron chi connectivity index (χ1n) is 10.0. The molecule has 0 aromatic heterocycles. The van der Waals surface area contributed by atoms with Crippen LogP contribution in [0.15, 0.2) is 12.1 Å². The fraction of sp³-hybridized carbons (Fsp3) is 0.478. The van der Waals surface area contributed by atoms with Crippen LogP contribution in [0.1, 0.15) is 31.1 Å². The number of methoxy groups -OCH3 is 4. The molecule has 2 aromatic rings. The van der Waals surface area contributed by atoms with Gasteiger partial charge in [0.1, 0.15) is 6.10 Å². The zero-order chi connectivity index (χ0) is 22.5. The average molecular weight is 432 g/mol. The summed E-state index contributed by atoms with van der Waals surface area (Å²) in [5, 5.41) is 22.6. The lowest BCUT2D eigenvalue weighted by Crippen LogP contribution is -2.41. The third kappa shape index (κ3) is 3.04. The summed E-state index contributed by atoms with van der Waals surface area (Å²) in [4.78, 5) is 0. The van der Waals surface area contributed by atoms with Crippen molar-refractivity contribution in [3.05, 3.63) is 23.3 Å². The molecule has 0 saturated carbocycles. The van der Waals surface area contributed by atoms with E-state index in [0.29, 0.717) is 57.6 Å². The largest absolute Gasteiger partial charge is 0.493 e. The van der Waals surface area contributed by atoms with E-state index in [-0.39, 0.29) is 12.7 Å². The summed E-state index contributed by atoms with van der Waals surface area (Å²) in [5.41, 5.74) is 1.12. The van der Waals surface area contributed by atoms with Gasteiger partial charge in [0.25, 0.3) is 0 Å². The monoisotopic (exact) mass is 432 g/mol. The Labute approximate surface area is 181 Å². The highest BCUT2D eigenvalue weighted by Gasteiger charge is 2.44. The van der Waals surface area contributed by atoms with Gasteiger partial charge in [-0.3, -0.25) is 0 Å². The topological polar surface area (TPSA) is 95.8 Å². The van der Waals surface area contributed by atoms with Gasteiger partial charge in [-0.15, -0.1) is 0 Å². The van der Waals surface area contributed by atoms with Crippen molar-refractivity contribution >= 4 is 0 Å². The maximum atomic E-state index is 11.3. The molecule has 1 aliphatic carbocycles. The molecule has 2 aromatic carbocycles. The molecule has 0 saturated heterocycles. The quantitative estimate of drug-likeness (QED) is 0.761. The first-order valence-corrected chi connectivity index (χ1v) is 10.0. The van der Waals surface area contributed by atoms with Gasteiger partial charge in [0, 0.05) is 11.1 Å². The molecule has 2 N–H and O–H groups in total. The Bertz CT molecular complexity index is 1010. The van der Waals surface area contributed by atoms with Crippen molar-refractivity contribution in [2.75, 3.05) is 35.2 Å². The molecular weight excluding hydrogens is 404 g/mol. The summed E-state index contributed by atoms with van der Waals surface area (Å²) in [6, 6.07) is 3.56. The Morgan fingerprint density at radius 2 is 1.61 bits per heavy atom. The van der Waals surface area contributed by atoms with E-state index in [9.17, 15) is 10.2 Å². The minimum Gasteiger partial charge on any atom is -0.493 e. The zero-order valence-electron chi connectivity index (χ0n) is 18.6. The van der Waals surface area contributed by atoms with Crippen LogP contribution in [0.4, 0.5) is 0 Å². The molecule has 8 heteroatoms. The molecule has 0 radical (unpaired) electrons. The summed E-state index contributed by atoms with van der Waals surface area (Å²) in [5.74, 6) is 2.34. The van der Waals surface area contributed by atoms with Crippen LogP contribution < -0.4 is 28.4 Å². The molecule has 0 amide bonds. The molecule has 8 nitrogen and oxygen atoms in total. The lowest BCUT2D eigenvalue weighted by Gasteiger charge is -2.39. The van der Waals surface area contributed by atoms with E-state index < -0.39 is 11.7 Å². The van der Waals surface area contributed by atoms with E-state index in [2.05, 4.69) is 0 Å². The number of hydrogen-bond donors (Lipinski definition) is 2. The van der Waals surface area contributed by atoms with Gasteiger partial charge in [0.2, 0.25) is 18.3 Å². The average Bonchev–Trinajstić information content (AvgIpc) is 3.24. The maximum absolute atomic E-state index is 11.3. The number of fused-ring (bicyclic) bond motifs is 4. The van der Waals surface area contributed by atoms with Crippen LogP contribution in [-0.4, -0.2) is 51.0 Å². The summed E-state index contributed by atoms with van der Waals surface area (Å²) in [7, 11) is 6.17. The van der Waals surface area contributed by atoms with E-state index in [1.165, 1.54) is 14.2 Å². The van der Waals surface area contributed by atoms with Gasteiger partial charge in [-0.1, -0.05) is 6.92 Å². The highest BCUT2D eigenvalue weighted by molar-refractivity contribution is 5.89. The van der Waals surface area contributed by atoms with Crippen molar-refractivity contribution in [1.82, 2.24) is 0 Å². The van der Waals surface area contributed by atoms with E-state index in [4.69, 9.17) is 28.4 Å². The molecule has 3 atom stereocenters. The molecule has 4 rings (SSSR count). The highest BCUT2D eigenvalue weighted by atomic mass is 16.7. The van der Waals surface area contributed by atoms with Crippen LogP contribution in [0.3, 0.4) is 0 Å². The number of aliphatic hydroxyl groups excluding tert-OH is 1. The normalized spacial score (nSPS) is 23.9. The Morgan fingerprint density at radius 1 is 0.935 bits per heavy atom. The Hall–Kier alpha value is -2.84. The molecule has 0 fully saturated rings. The lowest BCUT2D eigenvalue weighted by molar-refractivity contribution is -0.0988. The molecule has 0 bridgehead atoms. The number of rotatable bonds is 4.